The third kappa shape index (κ3) is 9.31. The van der Waals surface area contributed by atoms with Gasteiger partial charge in [0, 0.05) is 22.5 Å². The van der Waals surface area contributed by atoms with Gasteiger partial charge in [0.25, 0.3) is 5.91 Å². The Kier molecular flexibility index (Phi) is 9.55. The van der Waals surface area contributed by atoms with E-state index in [1.54, 1.807) is 6.92 Å². The first kappa shape index (κ1) is 27.1. The lowest BCUT2D eigenvalue weighted by Gasteiger charge is -2.08. The van der Waals surface area contributed by atoms with E-state index in [1.807, 2.05) is 0 Å². The third-order valence-electron chi connectivity index (χ3n) is 4.45. The highest BCUT2D eigenvalue weighted by Crippen LogP contribution is 2.14. The van der Waals surface area contributed by atoms with Crippen molar-refractivity contribution in [2.75, 3.05) is 23.8 Å². The van der Waals surface area contributed by atoms with E-state index in [0.717, 1.165) is 0 Å². The number of allylic oxidation sites excluding steroid dienone is 2. The molecule has 2 aromatic rings. The van der Waals surface area contributed by atoms with Crippen molar-refractivity contribution in [3.63, 3.8) is 0 Å². The molecule has 0 aliphatic carbocycles. The van der Waals surface area contributed by atoms with Crippen molar-refractivity contribution in [1.29, 1.82) is 0 Å². The molecule has 0 bridgehead atoms. The monoisotopic (exact) mass is 502 g/mol. The molecule has 0 unspecified atom stereocenters. The summed E-state index contributed by atoms with van der Waals surface area (Å²) in [5.41, 5.74) is 1.39. The number of hydrogen-bond acceptors (Lipinski definition) is 7. The first-order chi connectivity index (χ1) is 16.5. The molecule has 0 fully saturated rings. The molecule has 0 saturated carbocycles. The maximum absolute atomic E-state index is 12.3. The highest BCUT2D eigenvalue weighted by Gasteiger charge is 2.10. The first-order valence-corrected chi connectivity index (χ1v) is 11.8. The number of hydrogen-bond donors (Lipinski definition) is 5. The number of ether oxygens (including phenoxy) is 1. The van der Waals surface area contributed by atoms with Crippen molar-refractivity contribution < 1.29 is 32.6 Å². The van der Waals surface area contributed by atoms with Crippen LogP contribution < -0.4 is 21.1 Å². The van der Waals surface area contributed by atoms with E-state index in [2.05, 4.69) is 16.0 Å². The van der Waals surface area contributed by atoms with Crippen LogP contribution in [0.1, 0.15) is 13.8 Å². The SMILES string of the molecule is C/C(=C\C=C(/C)C(=O)OCCNC(=O)Nc1ccc(O)cc1)C(=O)Nc1ccc(S(N)(=O)=O)cc1. The van der Waals surface area contributed by atoms with Gasteiger partial charge in [-0.25, -0.2) is 23.1 Å². The number of primary sulfonamides is 1. The van der Waals surface area contributed by atoms with Gasteiger partial charge < -0.3 is 25.8 Å². The number of amides is 3. The molecule has 6 N–H and O–H groups in total. The molecule has 0 aromatic heterocycles. The molecule has 0 spiro atoms. The Balaban J connectivity index is 1.77. The van der Waals surface area contributed by atoms with E-state index in [4.69, 9.17) is 9.88 Å². The van der Waals surface area contributed by atoms with Crippen molar-refractivity contribution in [3.8, 4) is 5.75 Å². The molecule has 0 aliphatic heterocycles. The van der Waals surface area contributed by atoms with Crippen molar-refractivity contribution in [2.45, 2.75) is 18.7 Å². The Morgan fingerprint density at radius 1 is 0.914 bits per heavy atom. The van der Waals surface area contributed by atoms with Crippen molar-refractivity contribution >= 4 is 39.3 Å². The molecule has 186 valence electrons. The van der Waals surface area contributed by atoms with Gasteiger partial charge in [0.15, 0.2) is 0 Å². The number of sulfonamides is 1. The van der Waals surface area contributed by atoms with E-state index < -0.39 is 27.9 Å². The van der Waals surface area contributed by atoms with Gasteiger partial charge in [-0.2, -0.15) is 0 Å². The molecule has 0 radical (unpaired) electrons. The van der Waals surface area contributed by atoms with E-state index >= 15 is 0 Å². The van der Waals surface area contributed by atoms with Crippen LogP contribution in [0.5, 0.6) is 5.75 Å². The summed E-state index contributed by atoms with van der Waals surface area (Å²) in [5.74, 6) is -0.988. The average Bonchev–Trinajstić information content (AvgIpc) is 2.81. The summed E-state index contributed by atoms with van der Waals surface area (Å²) >= 11 is 0. The van der Waals surface area contributed by atoms with E-state index in [-0.39, 0.29) is 29.4 Å². The number of esters is 1. The van der Waals surface area contributed by atoms with Crippen molar-refractivity contribution in [1.82, 2.24) is 5.32 Å². The number of carbonyl (C=O) groups is 3. The predicted molar refractivity (Wildman–Crippen MR) is 130 cm³/mol. The van der Waals surface area contributed by atoms with Crippen molar-refractivity contribution in [3.05, 3.63) is 71.8 Å². The Labute approximate surface area is 202 Å². The lowest BCUT2D eigenvalue weighted by atomic mass is 10.2. The molecule has 0 aliphatic rings. The van der Waals surface area contributed by atoms with Gasteiger partial charge in [0.05, 0.1) is 11.4 Å². The molecule has 0 heterocycles. The number of anilines is 2. The van der Waals surface area contributed by atoms with Crippen LogP contribution in [0.25, 0.3) is 0 Å². The quantitative estimate of drug-likeness (QED) is 0.115. The first-order valence-electron chi connectivity index (χ1n) is 10.3. The average molecular weight is 503 g/mol. The van der Waals surface area contributed by atoms with Crippen LogP contribution in [0.3, 0.4) is 0 Å². The van der Waals surface area contributed by atoms with Crippen LogP contribution in [0.15, 0.2) is 76.7 Å². The molecular formula is C23H26N4O7S. The zero-order valence-electron chi connectivity index (χ0n) is 19.1. The smallest absolute Gasteiger partial charge is 0.333 e. The van der Waals surface area contributed by atoms with Gasteiger partial charge in [-0.3, -0.25) is 4.79 Å². The fraction of sp³-hybridized carbons (Fsp3) is 0.174. The minimum absolute atomic E-state index is 0.0648. The van der Waals surface area contributed by atoms with Crippen LogP contribution in [-0.2, 0) is 24.3 Å². The standard InChI is InChI=1S/C23H26N4O7S/c1-15(21(29)26-17-7-11-20(12-8-17)35(24,32)33)3-4-16(2)22(30)34-14-13-25-23(31)27-18-5-9-19(28)10-6-18/h3-12,28H,13-14H2,1-2H3,(H,26,29)(H2,24,32,33)(H2,25,27,31)/b15-3+,16-4+. The number of aromatic hydroxyl groups is 1. The van der Waals surface area contributed by atoms with Gasteiger partial charge in [0.1, 0.15) is 12.4 Å². The summed E-state index contributed by atoms with van der Waals surface area (Å²) in [6.07, 6.45) is 2.86. The van der Waals surface area contributed by atoms with Crippen LogP contribution in [0.4, 0.5) is 16.2 Å². The molecule has 12 heteroatoms. The van der Waals surface area contributed by atoms with E-state index in [0.29, 0.717) is 16.9 Å². The molecule has 0 saturated heterocycles. The minimum atomic E-state index is -3.82. The Hall–Kier alpha value is -4.16. The molecule has 3 amide bonds. The van der Waals surface area contributed by atoms with E-state index in [9.17, 15) is 27.9 Å². The maximum atomic E-state index is 12.3. The van der Waals surface area contributed by atoms with Gasteiger partial charge in [-0.1, -0.05) is 12.2 Å². The Morgan fingerprint density at radius 2 is 1.46 bits per heavy atom. The second-order valence-corrected chi connectivity index (χ2v) is 8.85. The number of nitrogens with two attached hydrogens (primary N) is 1. The molecule has 2 rings (SSSR count). The zero-order valence-corrected chi connectivity index (χ0v) is 19.9. The van der Waals surface area contributed by atoms with Crippen LogP contribution >= 0.6 is 0 Å². The van der Waals surface area contributed by atoms with Gasteiger partial charge in [0.2, 0.25) is 10.0 Å². The second-order valence-electron chi connectivity index (χ2n) is 7.29. The summed E-state index contributed by atoms with van der Waals surface area (Å²) in [4.78, 5) is 36.1. The lowest BCUT2D eigenvalue weighted by molar-refractivity contribution is -0.138. The minimum Gasteiger partial charge on any atom is -0.508 e. The van der Waals surface area contributed by atoms with Gasteiger partial charge in [-0.05, 0) is 62.4 Å². The highest BCUT2D eigenvalue weighted by molar-refractivity contribution is 7.89. The molecule has 0 atom stereocenters. The number of rotatable bonds is 9. The fourth-order valence-corrected chi connectivity index (χ4v) is 3.01. The lowest BCUT2D eigenvalue weighted by Crippen LogP contribution is -2.32. The normalized spacial score (nSPS) is 12.0. The molecule has 2 aromatic carbocycles. The number of nitrogens with one attached hydrogen (secondary N) is 3. The third-order valence-corrected chi connectivity index (χ3v) is 5.38. The summed E-state index contributed by atoms with van der Waals surface area (Å²) < 4.78 is 27.6. The number of phenolic OH excluding ortho intramolecular Hbond substituents is 1. The zero-order chi connectivity index (χ0) is 26.0. The Bertz CT molecular complexity index is 1240. The summed E-state index contributed by atoms with van der Waals surface area (Å²) in [5, 5.41) is 21.9. The highest BCUT2D eigenvalue weighted by atomic mass is 32.2. The predicted octanol–water partition coefficient (Wildman–Crippen LogP) is 2.24. The van der Waals surface area contributed by atoms with Crippen molar-refractivity contribution in [2.24, 2.45) is 5.14 Å². The summed E-state index contributed by atoms with van der Waals surface area (Å²) in [6.45, 7) is 3.07. The van der Waals surface area contributed by atoms with Gasteiger partial charge >= 0.3 is 12.0 Å². The number of carbonyl (C=O) groups excluding carboxylic acids is 3. The fourth-order valence-electron chi connectivity index (χ4n) is 2.49. The summed E-state index contributed by atoms with van der Waals surface area (Å²) in [6, 6.07) is 10.8. The Morgan fingerprint density at radius 3 is 2.06 bits per heavy atom. The van der Waals surface area contributed by atoms with Crippen LogP contribution in [0.2, 0.25) is 0 Å². The van der Waals surface area contributed by atoms with Crippen LogP contribution in [-0.4, -0.2) is 44.6 Å². The number of urea groups is 1. The largest absolute Gasteiger partial charge is 0.508 e. The molecule has 35 heavy (non-hydrogen) atoms. The topological polar surface area (TPSA) is 177 Å². The number of benzene rings is 2. The summed E-state index contributed by atoms with van der Waals surface area (Å²) in [7, 11) is -3.82. The molecule has 11 nitrogen and oxygen atoms in total. The maximum Gasteiger partial charge on any atom is 0.333 e. The van der Waals surface area contributed by atoms with E-state index in [1.165, 1.54) is 67.6 Å². The number of phenols is 1. The van der Waals surface area contributed by atoms with Gasteiger partial charge in [-0.15, -0.1) is 0 Å². The molecular weight excluding hydrogens is 476 g/mol. The second kappa shape index (κ2) is 12.3. The van der Waals surface area contributed by atoms with Crippen LogP contribution in [0, 0.1) is 0 Å².